The second-order valence-corrected chi connectivity index (χ2v) is 8.38. The van der Waals surface area contributed by atoms with Crippen LogP contribution in [0.25, 0.3) is 11.5 Å². The Bertz CT molecular complexity index is 1190. The minimum Gasteiger partial charge on any atom is -0.454 e. The molecular weight excluding hydrogens is 438 g/mol. The van der Waals surface area contributed by atoms with E-state index in [2.05, 4.69) is 10.2 Å². The van der Waals surface area contributed by atoms with Gasteiger partial charge in [-0.15, -0.1) is 10.2 Å². The number of thioether (sulfide) groups is 1. The van der Waals surface area contributed by atoms with Crippen LogP contribution in [-0.2, 0) is 17.9 Å². The van der Waals surface area contributed by atoms with Crippen LogP contribution in [0.4, 0.5) is 0 Å². The van der Waals surface area contributed by atoms with Crippen molar-refractivity contribution in [3.63, 3.8) is 0 Å². The minimum absolute atomic E-state index is 0.00413. The minimum atomic E-state index is -0.00413. The third-order valence-corrected chi connectivity index (χ3v) is 5.93. The van der Waals surface area contributed by atoms with Crippen molar-refractivity contribution in [1.82, 2.24) is 15.1 Å². The van der Waals surface area contributed by atoms with E-state index in [1.165, 1.54) is 11.8 Å². The lowest BCUT2D eigenvalue weighted by atomic mass is 10.1. The number of fused-ring (bicyclic) bond motifs is 1. The molecule has 0 unspecified atom stereocenters. The molecule has 1 aromatic heterocycles. The molecule has 1 aliphatic rings. The summed E-state index contributed by atoms with van der Waals surface area (Å²) in [4.78, 5) is 15.0. The molecule has 0 bridgehead atoms. The van der Waals surface area contributed by atoms with E-state index < -0.39 is 0 Å². The Morgan fingerprint density at radius 3 is 2.21 bits per heavy atom. The van der Waals surface area contributed by atoms with Crippen LogP contribution in [0, 0.1) is 0 Å². The van der Waals surface area contributed by atoms with Crippen LogP contribution >= 0.6 is 11.8 Å². The van der Waals surface area contributed by atoms with E-state index in [1.807, 2.05) is 77.7 Å². The van der Waals surface area contributed by atoms with Crippen molar-refractivity contribution in [3.8, 4) is 23.0 Å². The SMILES string of the molecule is O=C(CSc1nnc(-c2ccc3c(c2)OCO3)o1)N(Cc1ccccc1)Cc1ccccc1. The highest BCUT2D eigenvalue weighted by Crippen LogP contribution is 2.36. The highest BCUT2D eigenvalue weighted by Gasteiger charge is 2.19. The number of hydrogen-bond donors (Lipinski definition) is 0. The molecule has 0 atom stereocenters. The predicted octanol–water partition coefficient (Wildman–Crippen LogP) is 4.79. The molecule has 0 saturated carbocycles. The van der Waals surface area contributed by atoms with Gasteiger partial charge in [0, 0.05) is 18.7 Å². The monoisotopic (exact) mass is 459 g/mol. The molecule has 0 N–H and O–H groups in total. The van der Waals surface area contributed by atoms with Crippen LogP contribution in [0.2, 0.25) is 0 Å². The molecule has 8 heteroatoms. The maximum Gasteiger partial charge on any atom is 0.277 e. The number of benzene rings is 3. The summed E-state index contributed by atoms with van der Waals surface area (Å²) in [5.41, 5.74) is 2.89. The van der Waals surface area contributed by atoms with Gasteiger partial charge in [-0.3, -0.25) is 4.79 Å². The van der Waals surface area contributed by atoms with Crippen molar-refractivity contribution in [2.45, 2.75) is 18.3 Å². The van der Waals surface area contributed by atoms with Crippen LogP contribution in [0.1, 0.15) is 11.1 Å². The van der Waals surface area contributed by atoms with Crippen molar-refractivity contribution in [2.24, 2.45) is 0 Å². The molecule has 7 nitrogen and oxygen atoms in total. The van der Waals surface area contributed by atoms with Crippen LogP contribution in [0.5, 0.6) is 11.5 Å². The lowest BCUT2D eigenvalue weighted by Crippen LogP contribution is -2.31. The number of aromatic nitrogens is 2. The summed E-state index contributed by atoms with van der Waals surface area (Å²) in [6.07, 6.45) is 0. The fourth-order valence-electron chi connectivity index (χ4n) is 3.47. The lowest BCUT2D eigenvalue weighted by Gasteiger charge is -2.23. The van der Waals surface area contributed by atoms with Crippen LogP contribution in [0.3, 0.4) is 0 Å². The average Bonchev–Trinajstić information content (AvgIpc) is 3.52. The Morgan fingerprint density at radius 2 is 1.52 bits per heavy atom. The Labute approximate surface area is 195 Å². The maximum atomic E-state index is 13.1. The fourth-order valence-corrected chi connectivity index (χ4v) is 4.13. The molecule has 0 aliphatic carbocycles. The maximum absolute atomic E-state index is 13.1. The molecule has 1 aliphatic heterocycles. The van der Waals surface area contributed by atoms with Gasteiger partial charge in [-0.05, 0) is 29.3 Å². The van der Waals surface area contributed by atoms with Gasteiger partial charge in [-0.1, -0.05) is 72.4 Å². The number of hydrogen-bond acceptors (Lipinski definition) is 7. The fraction of sp³-hybridized carbons (Fsp3) is 0.160. The van der Waals surface area contributed by atoms with E-state index in [9.17, 15) is 4.79 Å². The number of ether oxygens (including phenoxy) is 2. The molecular formula is C25H21N3O4S. The van der Waals surface area contributed by atoms with Crippen LogP contribution in [-0.4, -0.2) is 33.6 Å². The second kappa shape index (κ2) is 9.79. The highest BCUT2D eigenvalue weighted by atomic mass is 32.2. The van der Waals surface area contributed by atoms with Gasteiger partial charge in [0.2, 0.25) is 18.6 Å². The van der Waals surface area contributed by atoms with E-state index in [0.29, 0.717) is 35.7 Å². The number of rotatable bonds is 8. The van der Waals surface area contributed by atoms with E-state index in [1.54, 1.807) is 6.07 Å². The predicted molar refractivity (Wildman–Crippen MR) is 124 cm³/mol. The van der Waals surface area contributed by atoms with Gasteiger partial charge in [-0.25, -0.2) is 0 Å². The van der Waals surface area contributed by atoms with Gasteiger partial charge in [0.15, 0.2) is 11.5 Å². The van der Waals surface area contributed by atoms with Crippen LogP contribution < -0.4 is 9.47 Å². The van der Waals surface area contributed by atoms with E-state index in [4.69, 9.17) is 13.9 Å². The molecule has 166 valence electrons. The van der Waals surface area contributed by atoms with E-state index in [-0.39, 0.29) is 18.5 Å². The van der Waals surface area contributed by atoms with E-state index in [0.717, 1.165) is 16.7 Å². The van der Waals surface area contributed by atoms with Gasteiger partial charge in [0.1, 0.15) is 0 Å². The highest BCUT2D eigenvalue weighted by molar-refractivity contribution is 7.99. The largest absolute Gasteiger partial charge is 0.454 e. The standard InChI is InChI=1S/C25H21N3O4S/c29-23(28(14-18-7-3-1-4-8-18)15-19-9-5-2-6-10-19)16-33-25-27-26-24(32-25)20-11-12-21-22(13-20)31-17-30-21/h1-13H,14-17H2. The topological polar surface area (TPSA) is 77.7 Å². The molecule has 0 saturated heterocycles. The normalized spacial score (nSPS) is 12.0. The first-order valence-corrected chi connectivity index (χ1v) is 11.4. The van der Waals surface area contributed by atoms with E-state index >= 15 is 0 Å². The Hall–Kier alpha value is -3.78. The average molecular weight is 460 g/mol. The van der Waals surface area contributed by atoms with Crippen molar-refractivity contribution in [2.75, 3.05) is 12.5 Å². The zero-order valence-corrected chi connectivity index (χ0v) is 18.5. The first-order chi connectivity index (χ1) is 16.2. The zero-order valence-electron chi connectivity index (χ0n) is 17.7. The first-order valence-electron chi connectivity index (χ1n) is 10.5. The Morgan fingerprint density at radius 1 is 0.848 bits per heavy atom. The summed E-state index contributed by atoms with van der Waals surface area (Å²) < 4.78 is 16.5. The Kier molecular flexibility index (Phi) is 6.25. The van der Waals surface area contributed by atoms with Crippen molar-refractivity contribution >= 4 is 17.7 Å². The third-order valence-electron chi connectivity index (χ3n) is 5.13. The molecule has 0 spiro atoms. The lowest BCUT2D eigenvalue weighted by molar-refractivity contribution is -0.129. The van der Waals surface area contributed by atoms with Crippen molar-refractivity contribution < 1.29 is 18.7 Å². The first kappa shape index (κ1) is 21.1. The third kappa shape index (κ3) is 5.18. The molecule has 1 amide bonds. The molecule has 0 fully saturated rings. The molecule has 2 heterocycles. The van der Waals surface area contributed by atoms with Gasteiger partial charge >= 0.3 is 0 Å². The van der Waals surface area contributed by atoms with Crippen molar-refractivity contribution in [1.29, 1.82) is 0 Å². The smallest absolute Gasteiger partial charge is 0.277 e. The number of carbonyl (C=O) groups is 1. The summed E-state index contributed by atoms with van der Waals surface area (Å²) in [6, 6.07) is 25.4. The zero-order chi connectivity index (χ0) is 22.5. The second-order valence-electron chi connectivity index (χ2n) is 7.45. The van der Waals surface area contributed by atoms with Gasteiger partial charge < -0.3 is 18.8 Å². The van der Waals surface area contributed by atoms with Crippen LogP contribution in [0.15, 0.2) is 88.5 Å². The molecule has 4 aromatic rings. The summed E-state index contributed by atoms with van der Waals surface area (Å²) >= 11 is 1.23. The molecule has 0 radical (unpaired) electrons. The summed E-state index contributed by atoms with van der Waals surface area (Å²) in [7, 11) is 0. The summed E-state index contributed by atoms with van der Waals surface area (Å²) in [5.74, 6) is 1.90. The quantitative estimate of drug-likeness (QED) is 0.351. The van der Waals surface area contributed by atoms with Crippen molar-refractivity contribution in [3.05, 3.63) is 90.0 Å². The molecule has 5 rings (SSSR count). The molecule has 33 heavy (non-hydrogen) atoms. The summed E-state index contributed by atoms with van der Waals surface area (Å²) in [6.45, 7) is 1.26. The molecule has 3 aromatic carbocycles. The van der Waals surface area contributed by atoms with Gasteiger partial charge in [0.05, 0.1) is 5.75 Å². The van der Waals surface area contributed by atoms with Gasteiger partial charge in [0.25, 0.3) is 5.22 Å². The summed E-state index contributed by atoms with van der Waals surface area (Å²) in [5, 5.41) is 8.54. The number of amides is 1. The number of carbonyl (C=O) groups excluding carboxylic acids is 1. The van der Waals surface area contributed by atoms with Gasteiger partial charge in [-0.2, -0.15) is 0 Å². The number of nitrogens with zero attached hydrogens (tertiary/aromatic N) is 3. The Balaban J connectivity index is 1.25.